The first kappa shape index (κ1) is 15.2. The van der Waals surface area contributed by atoms with Crippen LogP contribution in [0.25, 0.3) is 0 Å². The summed E-state index contributed by atoms with van der Waals surface area (Å²) in [4.78, 5) is 16.6. The summed E-state index contributed by atoms with van der Waals surface area (Å²) in [6.07, 6.45) is 1.67. The number of hydrogen-bond donors (Lipinski definition) is 2. The Kier molecular flexibility index (Phi) is 5.36. The molecule has 6 heteroatoms. The van der Waals surface area contributed by atoms with Gasteiger partial charge in [0, 0.05) is 26.5 Å². The summed E-state index contributed by atoms with van der Waals surface area (Å²) >= 11 is 5.56. The predicted octanol–water partition coefficient (Wildman–Crippen LogP) is 4.13. The minimum Gasteiger partial charge on any atom is -0.370 e. The SMILES string of the molecule is CCNc1ncc(Br)cc1C(=O)Nc1ccc(I)cc1. The molecule has 1 amide bonds. The van der Waals surface area contributed by atoms with Crippen LogP contribution in [-0.2, 0) is 0 Å². The Morgan fingerprint density at radius 1 is 1.35 bits per heavy atom. The van der Waals surface area contributed by atoms with Crippen molar-refractivity contribution >= 4 is 55.9 Å². The third-order valence-corrected chi connectivity index (χ3v) is 3.70. The van der Waals surface area contributed by atoms with Crippen LogP contribution in [-0.4, -0.2) is 17.4 Å². The lowest BCUT2D eigenvalue weighted by Crippen LogP contribution is -2.15. The fraction of sp³-hybridized carbons (Fsp3) is 0.143. The van der Waals surface area contributed by atoms with Gasteiger partial charge in [-0.1, -0.05) is 0 Å². The number of pyridine rings is 1. The lowest BCUT2D eigenvalue weighted by molar-refractivity contribution is 0.102. The number of nitrogens with zero attached hydrogens (tertiary/aromatic N) is 1. The van der Waals surface area contributed by atoms with Gasteiger partial charge in [0.05, 0.1) is 5.56 Å². The Morgan fingerprint density at radius 3 is 2.70 bits per heavy atom. The number of anilines is 2. The fourth-order valence-electron chi connectivity index (χ4n) is 1.65. The molecule has 4 nitrogen and oxygen atoms in total. The first-order valence-electron chi connectivity index (χ1n) is 6.06. The van der Waals surface area contributed by atoms with E-state index in [0.29, 0.717) is 17.9 Å². The molecule has 1 heterocycles. The number of hydrogen-bond acceptors (Lipinski definition) is 3. The Bertz CT molecular complexity index is 616. The molecule has 0 spiro atoms. The highest BCUT2D eigenvalue weighted by molar-refractivity contribution is 14.1. The van der Waals surface area contributed by atoms with Gasteiger partial charge in [-0.3, -0.25) is 4.79 Å². The first-order valence-corrected chi connectivity index (χ1v) is 7.93. The topological polar surface area (TPSA) is 54.0 Å². The molecule has 0 radical (unpaired) electrons. The van der Waals surface area contributed by atoms with Gasteiger partial charge < -0.3 is 10.6 Å². The van der Waals surface area contributed by atoms with E-state index in [9.17, 15) is 4.79 Å². The minimum atomic E-state index is -0.184. The molecular formula is C14H13BrIN3O. The smallest absolute Gasteiger partial charge is 0.259 e. The van der Waals surface area contributed by atoms with Gasteiger partial charge in [-0.2, -0.15) is 0 Å². The zero-order valence-corrected chi connectivity index (χ0v) is 14.5. The Morgan fingerprint density at radius 2 is 2.05 bits per heavy atom. The third-order valence-electron chi connectivity index (χ3n) is 2.55. The van der Waals surface area contributed by atoms with E-state index in [1.54, 1.807) is 12.3 Å². The van der Waals surface area contributed by atoms with Crippen LogP contribution in [0.4, 0.5) is 11.5 Å². The highest BCUT2D eigenvalue weighted by atomic mass is 127. The summed E-state index contributed by atoms with van der Waals surface area (Å²) in [7, 11) is 0. The highest BCUT2D eigenvalue weighted by Crippen LogP contribution is 2.20. The van der Waals surface area contributed by atoms with Gasteiger partial charge in [-0.15, -0.1) is 0 Å². The number of benzene rings is 1. The zero-order valence-electron chi connectivity index (χ0n) is 10.8. The van der Waals surface area contributed by atoms with Crippen LogP contribution in [0.5, 0.6) is 0 Å². The van der Waals surface area contributed by atoms with Gasteiger partial charge in [0.1, 0.15) is 5.82 Å². The number of halogens is 2. The predicted molar refractivity (Wildman–Crippen MR) is 93.2 cm³/mol. The zero-order chi connectivity index (χ0) is 14.5. The average Bonchev–Trinajstić information content (AvgIpc) is 2.43. The van der Waals surface area contributed by atoms with E-state index < -0.39 is 0 Å². The van der Waals surface area contributed by atoms with E-state index in [1.165, 1.54) is 0 Å². The van der Waals surface area contributed by atoms with Crippen LogP contribution in [0.2, 0.25) is 0 Å². The average molecular weight is 446 g/mol. The second-order valence-corrected chi connectivity index (χ2v) is 6.20. The van der Waals surface area contributed by atoms with Crippen molar-refractivity contribution in [2.75, 3.05) is 17.2 Å². The minimum absolute atomic E-state index is 0.184. The van der Waals surface area contributed by atoms with Crippen molar-refractivity contribution in [2.45, 2.75) is 6.92 Å². The number of carbonyl (C=O) groups excluding carboxylic acids is 1. The molecular weight excluding hydrogens is 433 g/mol. The summed E-state index contributed by atoms with van der Waals surface area (Å²) in [6.45, 7) is 2.67. The van der Waals surface area contributed by atoms with Gasteiger partial charge in [0.25, 0.3) is 5.91 Å². The summed E-state index contributed by atoms with van der Waals surface area (Å²) in [5.41, 5.74) is 1.28. The summed E-state index contributed by atoms with van der Waals surface area (Å²) in [5.74, 6) is 0.398. The van der Waals surface area contributed by atoms with Crippen molar-refractivity contribution in [3.8, 4) is 0 Å². The van der Waals surface area contributed by atoms with Crippen LogP contribution in [0.15, 0.2) is 41.0 Å². The van der Waals surface area contributed by atoms with Crippen LogP contribution >= 0.6 is 38.5 Å². The number of rotatable bonds is 4. The lowest BCUT2D eigenvalue weighted by atomic mass is 10.2. The summed E-state index contributed by atoms with van der Waals surface area (Å²) < 4.78 is 1.89. The van der Waals surface area contributed by atoms with Gasteiger partial charge in [0.2, 0.25) is 0 Å². The molecule has 0 aliphatic heterocycles. The van der Waals surface area contributed by atoms with Crippen molar-refractivity contribution in [2.24, 2.45) is 0 Å². The fourth-order valence-corrected chi connectivity index (χ4v) is 2.34. The molecule has 2 aromatic rings. The molecule has 0 saturated carbocycles. The normalized spacial score (nSPS) is 10.2. The molecule has 0 aliphatic rings. The van der Waals surface area contributed by atoms with Crippen molar-refractivity contribution < 1.29 is 4.79 Å². The van der Waals surface area contributed by atoms with E-state index in [1.807, 2.05) is 31.2 Å². The van der Waals surface area contributed by atoms with Crippen molar-refractivity contribution in [1.82, 2.24) is 4.98 Å². The van der Waals surface area contributed by atoms with Crippen molar-refractivity contribution in [1.29, 1.82) is 0 Å². The molecule has 1 aromatic carbocycles. The molecule has 0 fully saturated rings. The molecule has 0 unspecified atom stereocenters. The van der Waals surface area contributed by atoms with Crippen LogP contribution < -0.4 is 10.6 Å². The van der Waals surface area contributed by atoms with E-state index in [2.05, 4.69) is 54.1 Å². The summed E-state index contributed by atoms with van der Waals surface area (Å²) in [5, 5.41) is 5.95. The Hall–Kier alpha value is -1.15. The van der Waals surface area contributed by atoms with Gasteiger partial charge in [-0.05, 0) is 75.8 Å². The second kappa shape index (κ2) is 7.03. The molecule has 0 bridgehead atoms. The quantitative estimate of drug-likeness (QED) is 0.695. The molecule has 2 rings (SSSR count). The van der Waals surface area contributed by atoms with E-state index >= 15 is 0 Å². The van der Waals surface area contributed by atoms with Gasteiger partial charge in [-0.25, -0.2) is 4.98 Å². The molecule has 104 valence electrons. The van der Waals surface area contributed by atoms with E-state index in [-0.39, 0.29) is 5.91 Å². The molecule has 0 saturated heterocycles. The van der Waals surface area contributed by atoms with Crippen molar-refractivity contribution in [3.05, 3.63) is 50.1 Å². The Balaban J connectivity index is 2.23. The summed E-state index contributed by atoms with van der Waals surface area (Å²) in [6, 6.07) is 9.39. The molecule has 0 aliphatic carbocycles. The van der Waals surface area contributed by atoms with Crippen molar-refractivity contribution in [3.63, 3.8) is 0 Å². The van der Waals surface area contributed by atoms with Gasteiger partial charge >= 0.3 is 0 Å². The largest absolute Gasteiger partial charge is 0.370 e. The van der Waals surface area contributed by atoms with Crippen LogP contribution in [0.1, 0.15) is 17.3 Å². The number of amides is 1. The molecule has 0 atom stereocenters. The Labute approximate surface area is 139 Å². The standard InChI is InChI=1S/C14H13BrIN3O/c1-2-17-13-12(7-9(15)8-18-13)14(20)19-11-5-3-10(16)4-6-11/h3-8H,2H2,1H3,(H,17,18)(H,19,20). The maximum atomic E-state index is 12.3. The monoisotopic (exact) mass is 445 g/mol. The molecule has 1 aromatic heterocycles. The van der Waals surface area contributed by atoms with Gasteiger partial charge in [0.15, 0.2) is 0 Å². The number of nitrogens with one attached hydrogen (secondary N) is 2. The lowest BCUT2D eigenvalue weighted by Gasteiger charge is -2.10. The number of aromatic nitrogens is 1. The maximum Gasteiger partial charge on any atom is 0.259 e. The maximum absolute atomic E-state index is 12.3. The third kappa shape index (κ3) is 3.92. The second-order valence-electron chi connectivity index (χ2n) is 4.04. The van der Waals surface area contributed by atoms with Crippen LogP contribution in [0, 0.1) is 3.57 Å². The highest BCUT2D eigenvalue weighted by Gasteiger charge is 2.13. The van der Waals surface area contributed by atoms with Crippen LogP contribution in [0.3, 0.4) is 0 Å². The number of carbonyl (C=O) groups is 1. The van der Waals surface area contributed by atoms with E-state index in [4.69, 9.17) is 0 Å². The molecule has 20 heavy (non-hydrogen) atoms. The molecule has 2 N–H and O–H groups in total. The first-order chi connectivity index (χ1) is 9.60. The van der Waals surface area contributed by atoms with E-state index in [0.717, 1.165) is 13.7 Å².